The highest BCUT2D eigenvalue weighted by atomic mass is 19.4. The Morgan fingerprint density at radius 3 is 2.61 bits per heavy atom. The van der Waals surface area contributed by atoms with Gasteiger partial charge in [0.15, 0.2) is 0 Å². The first-order valence-electron chi connectivity index (χ1n) is 11.3. The van der Waals surface area contributed by atoms with Crippen LogP contribution in [0.5, 0.6) is 5.75 Å². The molecule has 176 valence electrons. The summed E-state index contributed by atoms with van der Waals surface area (Å²) in [6, 6.07) is 2.87. The quantitative estimate of drug-likeness (QED) is 0.637. The maximum absolute atomic E-state index is 12.8. The number of ether oxygens (including phenoxy) is 1. The van der Waals surface area contributed by atoms with Gasteiger partial charge in [-0.25, -0.2) is 4.98 Å². The molecule has 4 rings (SSSR count). The van der Waals surface area contributed by atoms with Crippen molar-refractivity contribution in [1.82, 2.24) is 14.9 Å². The van der Waals surface area contributed by atoms with Gasteiger partial charge in [-0.2, -0.15) is 18.4 Å². The molecule has 3 heterocycles. The van der Waals surface area contributed by atoms with Crippen molar-refractivity contribution in [1.29, 1.82) is 5.26 Å². The second-order valence-corrected chi connectivity index (χ2v) is 9.02. The van der Waals surface area contributed by atoms with Crippen molar-refractivity contribution < 1.29 is 17.9 Å². The number of fused-ring (bicyclic) bond motifs is 1. The minimum Gasteiger partial charge on any atom is -0.489 e. The van der Waals surface area contributed by atoms with Crippen molar-refractivity contribution in [2.45, 2.75) is 64.4 Å². The number of alkyl halides is 3. The summed E-state index contributed by atoms with van der Waals surface area (Å²) >= 11 is 0. The van der Waals surface area contributed by atoms with Crippen molar-refractivity contribution in [2.75, 3.05) is 13.1 Å². The van der Waals surface area contributed by atoms with Gasteiger partial charge in [-0.15, -0.1) is 0 Å². The first-order valence-corrected chi connectivity index (χ1v) is 11.3. The van der Waals surface area contributed by atoms with E-state index in [-0.39, 0.29) is 24.6 Å². The van der Waals surface area contributed by atoms with Gasteiger partial charge >= 0.3 is 6.18 Å². The number of dihydropyridines is 1. The van der Waals surface area contributed by atoms with Crippen LogP contribution in [0.25, 0.3) is 11.0 Å². The predicted molar refractivity (Wildman–Crippen MR) is 121 cm³/mol. The normalized spacial score (nSPS) is 19.9. The van der Waals surface area contributed by atoms with Gasteiger partial charge in [0.05, 0.1) is 29.3 Å². The smallest absolute Gasteiger partial charge is 0.403 e. The summed E-state index contributed by atoms with van der Waals surface area (Å²) < 4.78 is 46.2. The Balaban J connectivity index is 1.65. The Kier molecular flexibility index (Phi) is 6.48. The van der Waals surface area contributed by atoms with Crippen LogP contribution in [0.2, 0.25) is 0 Å². The number of allylic oxidation sites excluding steroid dienone is 1. The van der Waals surface area contributed by atoms with Crippen molar-refractivity contribution >= 4 is 16.7 Å². The van der Waals surface area contributed by atoms with Crippen LogP contribution in [-0.2, 0) is 0 Å². The monoisotopic (exact) mass is 459 g/mol. The summed E-state index contributed by atoms with van der Waals surface area (Å²) in [5.41, 5.74) is 2.64. The minimum absolute atomic E-state index is 0.0146. The molecule has 33 heavy (non-hydrogen) atoms. The lowest BCUT2D eigenvalue weighted by Gasteiger charge is -2.30. The van der Waals surface area contributed by atoms with Gasteiger partial charge in [0, 0.05) is 30.4 Å². The van der Waals surface area contributed by atoms with Crippen LogP contribution in [0.15, 0.2) is 29.4 Å². The fourth-order valence-corrected chi connectivity index (χ4v) is 4.16. The maximum atomic E-state index is 12.8. The van der Waals surface area contributed by atoms with Crippen LogP contribution in [0.1, 0.15) is 57.3 Å². The number of aromatic nitrogens is 2. The van der Waals surface area contributed by atoms with E-state index in [1.807, 2.05) is 32.1 Å². The van der Waals surface area contributed by atoms with Crippen LogP contribution in [0.4, 0.5) is 13.2 Å². The number of hydrogen-bond acceptors (Lipinski definition) is 5. The third kappa shape index (κ3) is 4.76. The third-order valence-electron chi connectivity index (χ3n) is 6.18. The summed E-state index contributed by atoms with van der Waals surface area (Å²) in [6.45, 7) is 5.52. The molecule has 0 radical (unpaired) electrons. The number of nitriles is 1. The number of nitrogens with zero attached hydrogens (tertiary/aromatic N) is 4. The van der Waals surface area contributed by atoms with Gasteiger partial charge in [-0.05, 0) is 52.2 Å². The van der Waals surface area contributed by atoms with Crippen LogP contribution >= 0.6 is 0 Å². The number of aliphatic imine (C=N–C) groups is 1. The van der Waals surface area contributed by atoms with E-state index in [1.54, 1.807) is 6.20 Å². The first kappa shape index (κ1) is 23.3. The molecule has 2 aromatic rings. The van der Waals surface area contributed by atoms with E-state index in [9.17, 15) is 18.4 Å². The Morgan fingerprint density at radius 1 is 1.30 bits per heavy atom. The standard InChI is InChI=1S/C24H28F3N5O/c1-14(2)33-18-9-19-20(10-28)22(32(17-5-4-6-17)23(19)31-13-18)21-8-7-16(12-30-21)11-29-15(3)24(25,26)27/h7-9,13-17,29H,4-6,11-12H2,1-3H3. The van der Waals surface area contributed by atoms with Gasteiger partial charge in [-0.3, -0.25) is 4.99 Å². The van der Waals surface area contributed by atoms with E-state index in [1.165, 1.54) is 0 Å². The number of pyridine rings is 1. The second kappa shape index (κ2) is 9.18. The lowest BCUT2D eigenvalue weighted by molar-refractivity contribution is -0.151. The molecule has 0 amide bonds. The molecule has 1 fully saturated rings. The number of nitrogens with one attached hydrogen (secondary N) is 1. The van der Waals surface area contributed by atoms with Crippen molar-refractivity contribution in [3.63, 3.8) is 0 Å². The van der Waals surface area contributed by atoms with Gasteiger partial charge in [0.25, 0.3) is 0 Å². The molecule has 1 aliphatic carbocycles. The van der Waals surface area contributed by atoms with Crippen molar-refractivity contribution in [3.8, 4) is 11.8 Å². The van der Waals surface area contributed by atoms with Gasteiger partial charge < -0.3 is 14.6 Å². The minimum atomic E-state index is -4.27. The Morgan fingerprint density at radius 2 is 2.06 bits per heavy atom. The summed E-state index contributed by atoms with van der Waals surface area (Å²) in [4.78, 5) is 9.31. The summed E-state index contributed by atoms with van der Waals surface area (Å²) in [6.07, 6.45) is 4.23. The average Bonchev–Trinajstić information content (AvgIpc) is 3.03. The fraction of sp³-hybridized carbons (Fsp3) is 0.542. The molecule has 0 saturated heterocycles. The van der Waals surface area contributed by atoms with Gasteiger partial charge in [-0.1, -0.05) is 6.08 Å². The highest BCUT2D eigenvalue weighted by molar-refractivity contribution is 6.13. The van der Waals surface area contributed by atoms with E-state index in [0.29, 0.717) is 23.6 Å². The van der Waals surface area contributed by atoms with E-state index < -0.39 is 12.2 Å². The summed E-state index contributed by atoms with van der Waals surface area (Å²) in [7, 11) is 0. The van der Waals surface area contributed by atoms with E-state index in [2.05, 4.69) is 25.9 Å². The zero-order valence-corrected chi connectivity index (χ0v) is 19.0. The molecule has 2 atom stereocenters. The highest BCUT2D eigenvalue weighted by Gasteiger charge is 2.36. The maximum Gasteiger partial charge on any atom is 0.403 e. The van der Waals surface area contributed by atoms with Crippen molar-refractivity contribution in [3.05, 3.63) is 35.7 Å². The molecule has 9 heteroatoms. The third-order valence-corrected chi connectivity index (χ3v) is 6.18. The molecule has 2 aliphatic rings. The SMILES string of the molecule is CC(C)Oc1cnc2c(c1)c(C#N)c(C1=NCC(CNC(C)C(F)(F)F)C=C1)n2C1CCC1. The van der Waals surface area contributed by atoms with Gasteiger partial charge in [0.2, 0.25) is 0 Å². The Bertz CT molecular complexity index is 1120. The Labute approximate surface area is 191 Å². The van der Waals surface area contributed by atoms with Crippen molar-refractivity contribution in [2.24, 2.45) is 10.9 Å². The second-order valence-electron chi connectivity index (χ2n) is 9.02. The number of hydrogen-bond donors (Lipinski definition) is 1. The van der Waals surface area contributed by atoms with Crippen LogP contribution in [0, 0.1) is 17.2 Å². The largest absolute Gasteiger partial charge is 0.489 e. The first-order chi connectivity index (χ1) is 15.7. The molecule has 0 bridgehead atoms. The van der Waals surface area contributed by atoms with E-state index in [4.69, 9.17) is 4.74 Å². The molecule has 2 unspecified atom stereocenters. The molecule has 2 aromatic heterocycles. The lowest BCUT2D eigenvalue weighted by atomic mass is 9.92. The molecule has 1 saturated carbocycles. The highest BCUT2D eigenvalue weighted by Crippen LogP contribution is 2.39. The molecule has 1 N–H and O–H groups in total. The summed E-state index contributed by atoms with van der Waals surface area (Å²) in [5, 5.41) is 13.3. The zero-order chi connectivity index (χ0) is 23.8. The predicted octanol–water partition coefficient (Wildman–Crippen LogP) is 4.94. The number of halogens is 3. The molecule has 1 aliphatic heterocycles. The molecule has 0 spiro atoms. The van der Waals surface area contributed by atoms with Crippen LogP contribution in [-0.4, -0.2) is 46.7 Å². The fourth-order valence-electron chi connectivity index (χ4n) is 4.16. The molecular formula is C24H28F3N5O. The topological polar surface area (TPSA) is 75.2 Å². The Hall–Kier alpha value is -2.86. The van der Waals surface area contributed by atoms with Crippen LogP contribution < -0.4 is 10.1 Å². The average molecular weight is 460 g/mol. The number of rotatable bonds is 7. The zero-order valence-electron chi connectivity index (χ0n) is 19.0. The molecular weight excluding hydrogens is 431 g/mol. The molecule has 6 nitrogen and oxygen atoms in total. The van der Waals surface area contributed by atoms with Crippen LogP contribution in [0.3, 0.4) is 0 Å². The van der Waals surface area contributed by atoms with E-state index in [0.717, 1.165) is 42.9 Å². The van der Waals surface area contributed by atoms with Gasteiger partial charge in [0.1, 0.15) is 23.5 Å². The summed E-state index contributed by atoms with van der Waals surface area (Å²) in [5.74, 6) is 0.465. The lowest BCUT2D eigenvalue weighted by Crippen LogP contribution is -2.42. The molecule has 0 aromatic carbocycles. The van der Waals surface area contributed by atoms with E-state index >= 15 is 0 Å².